The zero-order valence-electron chi connectivity index (χ0n) is 15.9. The Morgan fingerprint density at radius 2 is 1.77 bits per heavy atom. The average molecular weight is 351 g/mol. The van der Waals surface area contributed by atoms with E-state index in [1.54, 1.807) is 0 Å². The topological polar surface area (TPSA) is 35.6 Å². The maximum Gasteiger partial charge on any atom is 0.238 e. The molecule has 0 bridgehead atoms. The van der Waals surface area contributed by atoms with E-state index in [1.807, 2.05) is 36.2 Å². The van der Waals surface area contributed by atoms with E-state index in [1.165, 1.54) is 42.6 Å². The molecule has 138 valence electrons. The van der Waals surface area contributed by atoms with E-state index in [-0.39, 0.29) is 5.91 Å². The molecule has 2 aromatic rings. The van der Waals surface area contributed by atoms with E-state index in [0.29, 0.717) is 6.54 Å². The van der Waals surface area contributed by atoms with E-state index in [0.717, 1.165) is 18.8 Å². The normalized spacial score (nSPS) is 14.7. The van der Waals surface area contributed by atoms with Gasteiger partial charge in [-0.1, -0.05) is 36.4 Å². The van der Waals surface area contributed by atoms with Gasteiger partial charge in [-0.2, -0.15) is 0 Å². The SMILES string of the molecule is Cc1ccccc1CN(C)CC(=O)Nc1ccc(CN2CCCC2)cc1. The number of anilines is 1. The van der Waals surface area contributed by atoms with Crippen molar-refractivity contribution in [3.63, 3.8) is 0 Å². The summed E-state index contributed by atoms with van der Waals surface area (Å²) in [6.07, 6.45) is 2.62. The largest absolute Gasteiger partial charge is 0.325 e. The lowest BCUT2D eigenvalue weighted by atomic mass is 10.1. The molecule has 0 unspecified atom stereocenters. The smallest absolute Gasteiger partial charge is 0.238 e. The Kier molecular flexibility index (Phi) is 6.42. The van der Waals surface area contributed by atoms with Gasteiger partial charge in [0, 0.05) is 18.8 Å². The summed E-state index contributed by atoms with van der Waals surface area (Å²) in [4.78, 5) is 16.8. The van der Waals surface area contributed by atoms with Gasteiger partial charge < -0.3 is 5.32 Å². The Bertz CT molecular complexity index is 720. The van der Waals surface area contributed by atoms with Crippen LogP contribution in [0.3, 0.4) is 0 Å². The molecule has 1 saturated heterocycles. The predicted molar refractivity (Wildman–Crippen MR) is 107 cm³/mol. The third-order valence-electron chi connectivity index (χ3n) is 4.96. The van der Waals surface area contributed by atoms with Gasteiger partial charge >= 0.3 is 0 Å². The summed E-state index contributed by atoms with van der Waals surface area (Å²) in [7, 11) is 1.98. The molecule has 26 heavy (non-hydrogen) atoms. The number of carbonyl (C=O) groups is 1. The zero-order valence-corrected chi connectivity index (χ0v) is 15.9. The first-order valence-electron chi connectivity index (χ1n) is 9.44. The Morgan fingerprint density at radius 1 is 1.08 bits per heavy atom. The number of aryl methyl sites for hydroxylation is 1. The Morgan fingerprint density at radius 3 is 2.46 bits per heavy atom. The Hall–Kier alpha value is -2.17. The second-order valence-electron chi connectivity index (χ2n) is 7.33. The highest BCUT2D eigenvalue weighted by atomic mass is 16.2. The highest BCUT2D eigenvalue weighted by molar-refractivity contribution is 5.92. The van der Waals surface area contributed by atoms with Crippen LogP contribution in [0, 0.1) is 6.92 Å². The minimum absolute atomic E-state index is 0.0216. The maximum absolute atomic E-state index is 12.3. The molecule has 0 spiro atoms. The van der Waals surface area contributed by atoms with Gasteiger partial charge in [0.05, 0.1) is 6.54 Å². The molecular weight excluding hydrogens is 322 g/mol. The van der Waals surface area contributed by atoms with Gasteiger partial charge in [0.15, 0.2) is 0 Å². The van der Waals surface area contributed by atoms with Crippen LogP contribution in [0.1, 0.15) is 29.5 Å². The summed E-state index contributed by atoms with van der Waals surface area (Å²) in [5.41, 5.74) is 4.69. The van der Waals surface area contributed by atoms with Crippen LogP contribution in [-0.4, -0.2) is 42.4 Å². The van der Waals surface area contributed by atoms with Crippen molar-refractivity contribution in [3.8, 4) is 0 Å². The monoisotopic (exact) mass is 351 g/mol. The Balaban J connectivity index is 1.47. The average Bonchev–Trinajstić information content (AvgIpc) is 3.11. The number of nitrogens with zero attached hydrogens (tertiary/aromatic N) is 2. The van der Waals surface area contributed by atoms with Crippen LogP contribution in [0.2, 0.25) is 0 Å². The van der Waals surface area contributed by atoms with E-state index in [4.69, 9.17) is 0 Å². The molecule has 1 heterocycles. The van der Waals surface area contributed by atoms with Crippen molar-refractivity contribution >= 4 is 11.6 Å². The van der Waals surface area contributed by atoms with E-state index < -0.39 is 0 Å². The molecule has 1 amide bonds. The van der Waals surface area contributed by atoms with Crippen LogP contribution in [0.25, 0.3) is 0 Å². The van der Waals surface area contributed by atoms with E-state index in [2.05, 4.69) is 41.4 Å². The molecule has 3 rings (SSSR count). The lowest BCUT2D eigenvalue weighted by Gasteiger charge is -2.18. The first-order valence-corrected chi connectivity index (χ1v) is 9.44. The first kappa shape index (κ1) is 18.6. The number of amides is 1. The lowest BCUT2D eigenvalue weighted by molar-refractivity contribution is -0.117. The predicted octanol–water partition coefficient (Wildman–Crippen LogP) is 3.66. The molecule has 4 heteroatoms. The lowest BCUT2D eigenvalue weighted by Crippen LogP contribution is -2.30. The second-order valence-corrected chi connectivity index (χ2v) is 7.33. The van der Waals surface area contributed by atoms with Gasteiger partial charge in [-0.3, -0.25) is 14.6 Å². The molecule has 1 N–H and O–H groups in total. The van der Waals surface area contributed by atoms with Gasteiger partial charge in [-0.05, 0) is 68.7 Å². The number of rotatable bonds is 7. The van der Waals surface area contributed by atoms with Crippen LogP contribution >= 0.6 is 0 Å². The van der Waals surface area contributed by atoms with Crippen molar-refractivity contribution < 1.29 is 4.79 Å². The van der Waals surface area contributed by atoms with E-state index in [9.17, 15) is 4.79 Å². The molecule has 1 aliphatic rings. The highest BCUT2D eigenvalue weighted by Gasteiger charge is 2.12. The quantitative estimate of drug-likeness (QED) is 0.827. The molecule has 1 fully saturated rings. The number of benzene rings is 2. The van der Waals surface area contributed by atoms with Gasteiger partial charge in [0.2, 0.25) is 5.91 Å². The summed E-state index contributed by atoms with van der Waals surface area (Å²) in [6, 6.07) is 16.5. The van der Waals surface area contributed by atoms with Crippen LogP contribution < -0.4 is 5.32 Å². The molecule has 0 aromatic heterocycles. The maximum atomic E-state index is 12.3. The molecule has 4 nitrogen and oxygen atoms in total. The summed E-state index contributed by atoms with van der Waals surface area (Å²) in [5.74, 6) is 0.0216. The molecule has 0 radical (unpaired) electrons. The number of hydrogen-bond acceptors (Lipinski definition) is 3. The van der Waals surface area contributed by atoms with Gasteiger partial charge in [-0.25, -0.2) is 0 Å². The number of carbonyl (C=O) groups excluding carboxylic acids is 1. The van der Waals surface area contributed by atoms with Gasteiger partial charge in [0.25, 0.3) is 0 Å². The van der Waals surface area contributed by atoms with Crippen molar-refractivity contribution in [1.29, 1.82) is 0 Å². The number of likely N-dealkylation sites (tertiary alicyclic amines) is 1. The number of nitrogens with one attached hydrogen (secondary N) is 1. The third kappa shape index (κ3) is 5.41. The minimum Gasteiger partial charge on any atom is -0.325 e. The van der Waals surface area contributed by atoms with E-state index >= 15 is 0 Å². The summed E-state index contributed by atoms with van der Waals surface area (Å²) < 4.78 is 0. The van der Waals surface area contributed by atoms with Crippen LogP contribution in [-0.2, 0) is 17.9 Å². The molecule has 1 aliphatic heterocycles. The van der Waals surface area contributed by atoms with Crippen LogP contribution in [0.15, 0.2) is 48.5 Å². The van der Waals surface area contributed by atoms with Crippen LogP contribution in [0.4, 0.5) is 5.69 Å². The van der Waals surface area contributed by atoms with Crippen molar-refractivity contribution in [1.82, 2.24) is 9.80 Å². The third-order valence-corrected chi connectivity index (χ3v) is 4.96. The van der Waals surface area contributed by atoms with Crippen LogP contribution in [0.5, 0.6) is 0 Å². The second kappa shape index (κ2) is 8.97. The minimum atomic E-state index is 0.0216. The van der Waals surface area contributed by atoms with Crippen molar-refractivity contribution in [2.75, 3.05) is 32.0 Å². The fourth-order valence-corrected chi connectivity index (χ4v) is 3.47. The summed E-state index contributed by atoms with van der Waals surface area (Å²) in [6.45, 7) is 6.66. The zero-order chi connectivity index (χ0) is 18.4. The molecule has 2 aromatic carbocycles. The molecule has 0 saturated carbocycles. The number of hydrogen-bond donors (Lipinski definition) is 1. The molecule has 0 aliphatic carbocycles. The van der Waals surface area contributed by atoms with Crippen molar-refractivity contribution in [2.45, 2.75) is 32.9 Å². The van der Waals surface area contributed by atoms with Gasteiger partial charge in [-0.15, -0.1) is 0 Å². The standard InChI is InChI=1S/C22H29N3O/c1-18-7-3-4-8-20(18)16-24(2)17-22(26)23-21-11-9-19(10-12-21)15-25-13-5-6-14-25/h3-4,7-12H,5-6,13-17H2,1-2H3,(H,23,26). The Labute approximate surface area is 156 Å². The highest BCUT2D eigenvalue weighted by Crippen LogP contribution is 2.15. The molecule has 0 atom stereocenters. The summed E-state index contributed by atoms with van der Waals surface area (Å²) >= 11 is 0. The van der Waals surface area contributed by atoms with Gasteiger partial charge in [0.1, 0.15) is 0 Å². The van der Waals surface area contributed by atoms with Crippen molar-refractivity contribution in [3.05, 3.63) is 65.2 Å². The fourth-order valence-electron chi connectivity index (χ4n) is 3.47. The van der Waals surface area contributed by atoms with Crippen molar-refractivity contribution in [2.24, 2.45) is 0 Å². The molecular formula is C22H29N3O. The fraction of sp³-hybridized carbons (Fsp3) is 0.409. The first-order chi connectivity index (χ1) is 12.6. The number of likely N-dealkylation sites (N-methyl/N-ethyl adjacent to an activating group) is 1. The summed E-state index contributed by atoms with van der Waals surface area (Å²) in [5, 5.41) is 3.00.